The van der Waals surface area contributed by atoms with Crippen LogP contribution < -0.4 is 0 Å². The van der Waals surface area contributed by atoms with Gasteiger partial charge in [0, 0.05) is 25.8 Å². The van der Waals surface area contributed by atoms with Crippen LogP contribution in [0.4, 0.5) is 0 Å². The van der Waals surface area contributed by atoms with E-state index in [4.69, 9.17) is 0 Å². The van der Waals surface area contributed by atoms with E-state index in [1.165, 1.54) is 9.65 Å². The van der Waals surface area contributed by atoms with Gasteiger partial charge in [-0.15, -0.1) is 0 Å². The van der Waals surface area contributed by atoms with Crippen LogP contribution in [0.25, 0.3) is 0 Å². The molecule has 0 atom stereocenters. The van der Waals surface area contributed by atoms with Gasteiger partial charge in [0.05, 0.1) is 9.77 Å². The van der Waals surface area contributed by atoms with Crippen LogP contribution >= 0.6 is 22.6 Å². The number of piperidine rings is 1. The average molecular weight is 345 g/mol. The minimum Gasteiger partial charge on any atom is -0.339 e. The maximum absolute atomic E-state index is 11.4. The molecule has 1 aromatic rings. The highest BCUT2D eigenvalue weighted by Crippen LogP contribution is 2.19. The highest BCUT2D eigenvalue weighted by Gasteiger charge is 2.21. The number of amides is 1. The lowest BCUT2D eigenvalue weighted by atomic mass is 9.97. The van der Waals surface area contributed by atoms with Crippen molar-refractivity contribution in [3.05, 3.63) is 28.6 Å². The molecule has 17 heavy (non-hydrogen) atoms. The van der Waals surface area contributed by atoms with Crippen molar-refractivity contribution in [2.75, 3.05) is 13.1 Å². The zero-order valence-electron chi connectivity index (χ0n) is 9.68. The lowest BCUT2D eigenvalue weighted by Crippen LogP contribution is -2.38. The third-order valence-corrected chi connectivity index (χ3v) is 3.70. The van der Waals surface area contributed by atoms with Crippen molar-refractivity contribution in [3.63, 3.8) is 0 Å². The van der Waals surface area contributed by atoms with Crippen molar-refractivity contribution < 1.29 is 4.79 Å². The summed E-state index contributed by atoms with van der Waals surface area (Å²) in [7, 11) is 0. The summed E-state index contributed by atoms with van der Waals surface area (Å²) < 4.78 is 3.17. The van der Waals surface area contributed by atoms with Crippen LogP contribution in [0.15, 0.2) is 25.0 Å². The van der Waals surface area contributed by atoms with Crippen LogP contribution in [0.1, 0.15) is 12.8 Å². The molecule has 0 saturated carbocycles. The normalized spacial score (nSPS) is 17.1. The summed E-state index contributed by atoms with van der Waals surface area (Å²) in [5.74, 6) is 0.677. The summed E-state index contributed by atoms with van der Waals surface area (Å²) >= 11 is 2.26. The maximum atomic E-state index is 11.4. The Morgan fingerprint density at radius 2 is 2.29 bits per heavy atom. The molecular weight excluding hydrogens is 329 g/mol. The summed E-state index contributed by atoms with van der Waals surface area (Å²) in [4.78, 5) is 13.3. The number of carbonyl (C=O) groups excluding carboxylic acids is 1. The van der Waals surface area contributed by atoms with Crippen molar-refractivity contribution >= 4 is 28.5 Å². The molecule has 0 spiro atoms. The summed E-state index contributed by atoms with van der Waals surface area (Å²) in [6, 6.07) is 0. The molecule has 1 saturated heterocycles. The zero-order chi connectivity index (χ0) is 12.3. The van der Waals surface area contributed by atoms with Gasteiger partial charge in [-0.1, -0.05) is 6.58 Å². The predicted octanol–water partition coefficient (Wildman–Crippen LogP) is 1.91. The standard InChI is InChI=1S/C12H16IN3O/c1-2-12(17)15-5-3-10(4-6-15)8-16-9-11(13)7-14-16/h2,7,9-10H,1,3-6,8H2. The smallest absolute Gasteiger partial charge is 0.245 e. The fraction of sp³-hybridized carbons (Fsp3) is 0.500. The second-order valence-corrected chi connectivity index (χ2v) is 5.60. The van der Waals surface area contributed by atoms with Crippen molar-refractivity contribution in [3.8, 4) is 0 Å². The maximum Gasteiger partial charge on any atom is 0.245 e. The quantitative estimate of drug-likeness (QED) is 0.620. The molecular formula is C12H16IN3O. The molecule has 0 bridgehead atoms. The van der Waals surface area contributed by atoms with E-state index in [2.05, 4.69) is 40.5 Å². The molecule has 1 fully saturated rings. The highest BCUT2D eigenvalue weighted by molar-refractivity contribution is 14.1. The molecule has 0 aromatic carbocycles. The topological polar surface area (TPSA) is 38.1 Å². The first-order valence-electron chi connectivity index (χ1n) is 5.78. The Labute approximate surface area is 115 Å². The summed E-state index contributed by atoms with van der Waals surface area (Å²) in [6.07, 6.45) is 7.43. The third-order valence-electron chi connectivity index (χ3n) is 3.15. The van der Waals surface area contributed by atoms with E-state index in [0.29, 0.717) is 5.92 Å². The van der Waals surface area contributed by atoms with Gasteiger partial charge in [-0.2, -0.15) is 5.10 Å². The Balaban J connectivity index is 1.83. The molecule has 4 nitrogen and oxygen atoms in total. The monoisotopic (exact) mass is 345 g/mol. The van der Waals surface area contributed by atoms with Gasteiger partial charge in [0.2, 0.25) is 5.91 Å². The van der Waals surface area contributed by atoms with Gasteiger partial charge >= 0.3 is 0 Å². The van der Waals surface area contributed by atoms with E-state index < -0.39 is 0 Å². The Hall–Kier alpha value is -0.850. The lowest BCUT2D eigenvalue weighted by Gasteiger charge is -2.31. The summed E-state index contributed by atoms with van der Waals surface area (Å²) in [6.45, 7) is 6.16. The van der Waals surface area contributed by atoms with E-state index in [1.807, 2.05) is 15.8 Å². The van der Waals surface area contributed by atoms with E-state index >= 15 is 0 Å². The number of likely N-dealkylation sites (tertiary alicyclic amines) is 1. The molecule has 1 amide bonds. The van der Waals surface area contributed by atoms with E-state index in [9.17, 15) is 4.79 Å². The molecule has 0 radical (unpaired) electrons. The van der Waals surface area contributed by atoms with Crippen molar-refractivity contribution in [2.24, 2.45) is 5.92 Å². The summed E-state index contributed by atoms with van der Waals surface area (Å²) in [5.41, 5.74) is 0. The lowest BCUT2D eigenvalue weighted by molar-refractivity contribution is -0.127. The Bertz CT molecular complexity index is 408. The molecule has 2 heterocycles. The Kier molecular flexibility index (Phi) is 4.20. The molecule has 2 rings (SSSR count). The average Bonchev–Trinajstić information content (AvgIpc) is 2.75. The minimum absolute atomic E-state index is 0.0529. The van der Waals surface area contributed by atoms with Gasteiger partial charge in [-0.3, -0.25) is 9.48 Å². The second kappa shape index (κ2) is 5.66. The number of nitrogens with zero attached hydrogens (tertiary/aromatic N) is 3. The predicted molar refractivity (Wildman–Crippen MR) is 74.4 cm³/mol. The van der Waals surface area contributed by atoms with Gasteiger partial charge in [-0.05, 0) is 47.4 Å². The second-order valence-electron chi connectivity index (χ2n) is 4.35. The molecule has 5 heteroatoms. The minimum atomic E-state index is 0.0529. The first-order chi connectivity index (χ1) is 8.19. The summed E-state index contributed by atoms with van der Waals surface area (Å²) in [5, 5.41) is 4.29. The first-order valence-corrected chi connectivity index (χ1v) is 6.86. The van der Waals surface area contributed by atoms with E-state index in [1.54, 1.807) is 0 Å². The molecule has 0 aliphatic carbocycles. The molecule has 1 aliphatic heterocycles. The fourth-order valence-electron chi connectivity index (χ4n) is 2.17. The van der Waals surface area contributed by atoms with Crippen LogP contribution in [0.3, 0.4) is 0 Å². The number of halogens is 1. The molecule has 92 valence electrons. The van der Waals surface area contributed by atoms with Gasteiger partial charge in [0.15, 0.2) is 0 Å². The number of hydrogen-bond acceptors (Lipinski definition) is 2. The first kappa shape index (κ1) is 12.6. The Morgan fingerprint density at radius 1 is 1.59 bits per heavy atom. The van der Waals surface area contributed by atoms with Crippen molar-refractivity contribution in [1.82, 2.24) is 14.7 Å². The SMILES string of the molecule is C=CC(=O)N1CCC(Cn2cc(I)cn2)CC1. The number of rotatable bonds is 3. The number of hydrogen-bond donors (Lipinski definition) is 0. The molecule has 0 N–H and O–H groups in total. The van der Waals surface area contributed by atoms with Crippen LogP contribution in [-0.4, -0.2) is 33.7 Å². The Morgan fingerprint density at radius 3 is 2.82 bits per heavy atom. The highest BCUT2D eigenvalue weighted by atomic mass is 127. The number of carbonyl (C=O) groups is 1. The van der Waals surface area contributed by atoms with Gasteiger partial charge < -0.3 is 4.90 Å². The van der Waals surface area contributed by atoms with Crippen molar-refractivity contribution in [2.45, 2.75) is 19.4 Å². The van der Waals surface area contributed by atoms with Crippen LogP contribution in [-0.2, 0) is 11.3 Å². The van der Waals surface area contributed by atoms with Crippen LogP contribution in [0, 0.1) is 9.49 Å². The van der Waals surface area contributed by atoms with Crippen LogP contribution in [0.2, 0.25) is 0 Å². The van der Waals surface area contributed by atoms with E-state index in [0.717, 1.165) is 32.5 Å². The number of aromatic nitrogens is 2. The zero-order valence-corrected chi connectivity index (χ0v) is 11.8. The van der Waals surface area contributed by atoms with Gasteiger partial charge in [0.25, 0.3) is 0 Å². The van der Waals surface area contributed by atoms with Crippen LogP contribution in [0.5, 0.6) is 0 Å². The fourth-order valence-corrected chi connectivity index (χ4v) is 2.61. The van der Waals surface area contributed by atoms with Crippen molar-refractivity contribution in [1.29, 1.82) is 0 Å². The molecule has 1 aromatic heterocycles. The molecule has 1 aliphatic rings. The molecule has 0 unspecified atom stereocenters. The van der Waals surface area contributed by atoms with Gasteiger partial charge in [-0.25, -0.2) is 0 Å². The van der Waals surface area contributed by atoms with E-state index in [-0.39, 0.29) is 5.91 Å². The third kappa shape index (κ3) is 3.31. The largest absolute Gasteiger partial charge is 0.339 e. The van der Waals surface area contributed by atoms with Gasteiger partial charge in [0.1, 0.15) is 0 Å².